The maximum Gasteiger partial charge on any atom is 0 e. The van der Waals surface area contributed by atoms with Crippen molar-refractivity contribution < 1.29 is 50.3 Å². The first-order valence-electron chi connectivity index (χ1n) is 0. The summed E-state index contributed by atoms with van der Waals surface area (Å²) in [5, 5.41) is 0. The Morgan fingerprint density at radius 2 is 0.400 bits per heavy atom. The molecular formula is Ca2Co3. The van der Waals surface area contributed by atoms with Crippen molar-refractivity contribution in [1.29, 1.82) is 0 Å². The first-order chi connectivity index (χ1) is 0. The maximum atomic E-state index is 0. The van der Waals surface area contributed by atoms with Gasteiger partial charge in [0.15, 0.2) is 0 Å². The van der Waals surface area contributed by atoms with E-state index in [1.54, 1.807) is 0 Å². The standard InChI is InChI=1S/2Ca.3Co. The van der Waals surface area contributed by atoms with Gasteiger partial charge >= 0.3 is 0 Å². The minimum atomic E-state index is 0. The molecule has 0 aromatic heterocycles. The van der Waals surface area contributed by atoms with Crippen LogP contribution in [-0.4, -0.2) is 75.5 Å². The van der Waals surface area contributed by atoms with Crippen molar-refractivity contribution in [3.05, 3.63) is 0 Å². The van der Waals surface area contributed by atoms with Gasteiger partial charge in [-0.15, -0.1) is 0 Å². The Labute approximate surface area is 123 Å². The second kappa shape index (κ2) is 24.4. The summed E-state index contributed by atoms with van der Waals surface area (Å²) in [6, 6.07) is 0. The molecule has 0 fully saturated rings. The fraction of sp³-hybridized carbons (Fsp3) is 0. The molecule has 0 atom stereocenters. The van der Waals surface area contributed by atoms with Gasteiger partial charge in [-0.1, -0.05) is 0 Å². The van der Waals surface area contributed by atoms with E-state index in [-0.39, 0.29) is 126 Å². The van der Waals surface area contributed by atoms with Crippen LogP contribution in [0.5, 0.6) is 0 Å². The molecule has 0 saturated heterocycles. The van der Waals surface area contributed by atoms with E-state index >= 15 is 0 Å². The molecule has 0 nitrogen and oxygen atoms in total. The Morgan fingerprint density at radius 3 is 0.400 bits per heavy atom. The van der Waals surface area contributed by atoms with Crippen LogP contribution in [0.4, 0.5) is 0 Å². The summed E-state index contributed by atoms with van der Waals surface area (Å²) < 4.78 is 0. The van der Waals surface area contributed by atoms with Gasteiger partial charge in [-0.25, -0.2) is 0 Å². The van der Waals surface area contributed by atoms with Gasteiger partial charge in [-0.3, -0.25) is 0 Å². The topological polar surface area (TPSA) is 0 Å². The van der Waals surface area contributed by atoms with Gasteiger partial charge in [0, 0.05) is 126 Å². The molecule has 0 bridgehead atoms. The average Bonchev–Trinajstić information content (AvgIpc) is 0. The van der Waals surface area contributed by atoms with E-state index in [2.05, 4.69) is 0 Å². The fourth-order valence-electron chi connectivity index (χ4n) is 0. The Bertz CT molecular complexity index is 4.85. The van der Waals surface area contributed by atoms with Crippen molar-refractivity contribution in [2.75, 3.05) is 0 Å². The molecule has 0 aromatic carbocycles. The summed E-state index contributed by atoms with van der Waals surface area (Å²) in [5.74, 6) is 0. The summed E-state index contributed by atoms with van der Waals surface area (Å²) in [4.78, 5) is 0. The van der Waals surface area contributed by atoms with Gasteiger partial charge in [0.1, 0.15) is 0 Å². The van der Waals surface area contributed by atoms with Crippen molar-refractivity contribution in [2.45, 2.75) is 0 Å². The Hall–Kier alpha value is 4.04. The Kier molecular flexibility index (Phi) is 175. The van der Waals surface area contributed by atoms with Crippen molar-refractivity contribution in [3.63, 3.8) is 0 Å². The van der Waals surface area contributed by atoms with Gasteiger partial charge in [-0.2, -0.15) is 0 Å². The smallest absolute Gasteiger partial charge is 0 e. The van der Waals surface area contributed by atoms with Crippen molar-refractivity contribution in [1.82, 2.24) is 0 Å². The molecule has 5 heavy (non-hydrogen) atoms. The van der Waals surface area contributed by atoms with Crippen LogP contribution in [0, 0.1) is 0 Å². The molecule has 0 unspecified atom stereocenters. The van der Waals surface area contributed by atoms with Crippen molar-refractivity contribution >= 4 is 75.5 Å². The zero-order valence-electron chi connectivity index (χ0n) is 2.41. The second-order valence-corrected chi connectivity index (χ2v) is 0. The first-order valence-corrected chi connectivity index (χ1v) is 0. The SMILES string of the molecule is [Ca].[Ca].[Co].[Co].[Co]. The Balaban J connectivity index is 0. The summed E-state index contributed by atoms with van der Waals surface area (Å²) in [6.07, 6.45) is 0. The zero-order chi connectivity index (χ0) is 0. The molecule has 0 saturated carbocycles. The molecule has 0 aliphatic rings. The van der Waals surface area contributed by atoms with E-state index in [9.17, 15) is 0 Å². The zero-order valence-corrected chi connectivity index (χ0v) is 9.95. The van der Waals surface area contributed by atoms with Crippen LogP contribution >= 0.6 is 0 Å². The quantitative estimate of drug-likeness (QED) is 0.500. The fourth-order valence-corrected chi connectivity index (χ4v) is 0. The van der Waals surface area contributed by atoms with E-state index in [1.165, 1.54) is 0 Å². The van der Waals surface area contributed by atoms with Crippen LogP contribution in [0.3, 0.4) is 0 Å². The van der Waals surface area contributed by atoms with E-state index in [4.69, 9.17) is 0 Å². The minimum Gasteiger partial charge on any atom is 0 e. The van der Waals surface area contributed by atoms with Crippen LogP contribution < -0.4 is 0 Å². The second-order valence-electron chi connectivity index (χ2n) is 0. The average molecular weight is 257 g/mol. The number of hydrogen-bond donors (Lipinski definition) is 0. The molecule has 5 heteroatoms. The van der Waals surface area contributed by atoms with E-state index in [0.29, 0.717) is 0 Å². The number of hydrogen-bond acceptors (Lipinski definition) is 0. The van der Waals surface area contributed by atoms with E-state index in [0.717, 1.165) is 0 Å². The molecule has 0 aliphatic heterocycles. The third-order valence-corrected chi connectivity index (χ3v) is 0. The van der Waals surface area contributed by atoms with Crippen LogP contribution in [0.15, 0.2) is 0 Å². The van der Waals surface area contributed by atoms with E-state index < -0.39 is 0 Å². The molecule has 7 radical (unpaired) electrons. The summed E-state index contributed by atoms with van der Waals surface area (Å²) in [5.41, 5.74) is 0. The van der Waals surface area contributed by atoms with Crippen LogP contribution in [-0.2, 0) is 50.3 Å². The van der Waals surface area contributed by atoms with Crippen molar-refractivity contribution in [2.24, 2.45) is 0 Å². The van der Waals surface area contributed by atoms with Crippen LogP contribution in [0.25, 0.3) is 0 Å². The minimum absolute atomic E-state index is 0. The van der Waals surface area contributed by atoms with Crippen molar-refractivity contribution in [3.8, 4) is 0 Å². The first kappa shape index (κ1) is 35.8. The molecule has 0 spiro atoms. The molecule has 31 valence electrons. The predicted molar refractivity (Wildman–Crippen MR) is 11.5 cm³/mol. The summed E-state index contributed by atoms with van der Waals surface area (Å²) >= 11 is 0. The van der Waals surface area contributed by atoms with Gasteiger partial charge in [0.2, 0.25) is 0 Å². The molecule has 0 rings (SSSR count). The molecule has 0 heterocycles. The van der Waals surface area contributed by atoms with Gasteiger partial charge in [0.25, 0.3) is 0 Å². The van der Waals surface area contributed by atoms with E-state index in [1.807, 2.05) is 0 Å². The molecule has 0 aliphatic carbocycles. The predicted octanol–water partition coefficient (Wildman–Crippen LogP) is -0.769. The largest absolute Gasteiger partial charge is 0 e. The normalized spacial score (nSPS) is 0. The third kappa shape index (κ3) is 18.0. The summed E-state index contributed by atoms with van der Waals surface area (Å²) in [6.45, 7) is 0. The molecule has 0 amide bonds. The monoisotopic (exact) mass is 257 g/mol. The number of rotatable bonds is 0. The van der Waals surface area contributed by atoms with Crippen LogP contribution in [0.2, 0.25) is 0 Å². The molecule has 0 N–H and O–H groups in total. The van der Waals surface area contributed by atoms with Gasteiger partial charge < -0.3 is 0 Å². The Morgan fingerprint density at radius 1 is 0.400 bits per heavy atom. The summed E-state index contributed by atoms with van der Waals surface area (Å²) in [7, 11) is 0. The van der Waals surface area contributed by atoms with Gasteiger partial charge in [-0.05, 0) is 0 Å². The van der Waals surface area contributed by atoms with Crippen LogP contribution in [0.1, 0.15) is 0 Å². The third-order valence-electron chi connectivity index (χ3n) is 0. The maximum absolute atomic E-state index is 0. The molecule has 0 aromatic rings. The van der Waals surface area contributed by atoms with Gasteiger partial charge in [0.05, 0.1) is 0 Å². The molecular weight excluding hydrogens is 257 g/mol.